The zero-order valence-corrected chi connectivity index (χ0v) is 7.06. The van der Waals surface area contributed by atoms with Gasteiger partial charge in [0.2, 0.25) is 5.12 Å². The SMILES string of the molecule is COC1=CC(=O)S[C@@H](CO)C1. The maximum Gasteiger partial charge on any atom is 0.215 e. The number of ether oxygens (including phenoxy) is 1. The molecule has 0 amide bonds. The van der Waals surface area contributed by atoms with E-state index in [1.54, 1.807) is 0 Å². The summed E-state index contributed by atoms with van der Waals surface area (Å²) in [6, 6.07) is 0. The van der Waals surface area contributed by atoms with Crippen LogP contribution in [0.3, 0.4) is 0 Å². The van der Waals surface area contributed by atoms with E-state index in [1.807, 2.05) is 0 Å². The number of hydrogen-bond acceptors (Lipinski definition) is 4. The second-order valence-electron chi connectivity index (χ2n) is 2.26. The maximum absolute atomic E-state index is 10.9. The van der Waals surface area contributed by atoms with Gasteiger partial charge in [-0.1, -0.05) is 11.8 Å². The van der Waals surface area contributed by atoms with Gasteiger partial charge in [0.1, 0.15) is 5.76 Å². The van der Waals surface area contributed by atoms with Crippen LogP contribution < -0.4 is 0 Å². The molecule has 11 heavy (non-hydrogen) atoms. The number of aliphatic hydroxyl groups is 1. The van der Waals surface area contributed by atoms with Crippen LogP contribution in [0.1, 0.15) is 6.42 Å². The summed E-state index contributed by atoms with van der Waals surface area (Å²) in [4.78, 5) is 10.9. The molecule has 4 heteroatoms. The first-order valence-corrected chi connectivity index (χ1v) is 4.20. The zero-order chi connectivity index (χ0) is 8.27. The summed E-state index contributed by atoms with van der Waals surface area (Å²) in [7, 11) is 1.53. The van der Waals surface area contributed by atoms with Gasteiger partial charge < -0.3 is 9.84 Å². The zero-order valence-electron chi connectivity index (χ0n) is 6.24. The van der Waals surface area contributed by atoms with E-state index in [0.717, 1.165) is 11.8 Å². The first-order valence-electron chi connectivity index (χ1n) is 3.32. The second-order valence-corrected chi connectivity index (χ2v) is 3.57. The highest BCUT2D eigenvalue weighted by Gasteiger charge is 2.20. The number of thioether (sulfide) groups is 1. The van der Waals surface area contributed by atoms with Gasteiger partial charge in [-0.05, 0) is 0 Å². The predicted octanol–water partition coefficient (Wildman–Crippen LogP) is 0.541. The Morgan fingerprint density at radius 1 is 1.91 bits per heavy atom. The summed E-state index contributed by atoms with van der Waals surface area (Å²) in [5, 5.41) is 8.71. The van der Waals surface area contributed by atoms with Gasteiger partial charge >= 0.3 is 0 Å². The van der Waals surface area contributed by atoms with Gasteiger partial charge in [0.15, 0.2) is 0 Å². The fourth-order valence-corrected chi connectivity index (χ4v) is 1.75. The van der Waals surface area contributed by atoms with Crippen molar-refractivity contribution in [1.82, 2.24) is 0 Å². The molecule has 0 fully saturated rings. The summed E-state index contributed by atoms with van der Waals surface area (Å²) in [6.07, 6.45) is 2.11. The highest BCUT2D eigenvalue weighted by Crippen LogP contribution is 2.26. The van der Waals surface area contributed by atoms with Crippen molar-refractivity contribution in [1.29, 1.82) is 0 Å². The second kappa shape index (κ2) is 3.78. The van der Waals surface area contributed by atoms with Crippen molar-refractivity contribution in [3.63, 3.8) is 0 Å². The van der Waals surface area contributed by atoms with E-state index in [1.165, 1.54) is 13.2 Å². The average molecular weight is 174 g/mol. The molecule has 1 N–H and O–H groups in total. The Morgan fingerprint density at radius 2 is 2.64 bits per heavy atom. The number of carbonyl (C=O) groups excluding carboxylic acids is 1. The molecule has 1 aliphatic heterocycles. The minimum atomic E-state index is -0.0350. The molecular weight excluding hydrogens is 164 g/mol. The topological polar surface area (TPSA) is 46.5 Å². The molecule has 0 bridgehead atoms. The lowest BCUT2D eigenvalue weighted by Gasteiger charge is -2.17. The first-order chi connectivity index (χ1) is 5.26. The Balaban J connectivity index is 2.61. The van der Waals surface area contributed by atoms with Crippen molar-refractivity contribution >= 4 is 16.9 Å². The van der Waals surface area contributed by atoms with E-state index in [-0.39, 0.29) is 17.0 Å². The molecule has 0 saturated carbocycles. The highest BCUT2D eigenvalue weighted by atomic mass is 32.2. The third kappa shape index (κ3) is 2.24. The monoisotopic (exact) mass is 174 g/mol. The van der Waals surface area contributed by atoms with Crippen molar-refractivity contribution in [3.8, 4) is 0 Å². The Morgan fingerprint density at radius 3 is 3.18 bits per heavy atom. The van der Waals surface area contributed by atoms with E-state index < -0.39 is 0 Å². The molecule has 1 atom stereocenters. The van der Waals surface area contributed by atoms with Crippen LogP contribution in [0.25, 0.3) is 0 Å². The molecule has 0 aromatic carbocycles. The van der Waals surface area contributed by atoms with Crippen molar-refractivity contribution in [2.75, 3.05) is 13.7 Å². The summed E-state index contributed by atoms with van der Waals surface area (Å²) >= 11 is 1.16. The third-order valence-electron chi connectivity index (χ3n) is 1.46. The molecule has 0 aromatic heterocycles. The van der Waals surface area contributed by atoms with E-state index in [2.05, 4.69) is 0 Å². The van der Waals surface area contributed by atoms with Gasteiger partial charge in [-0.25, -0.2) is 0 Å². The van der Waals surface area contributed by atoms with Crippen LogP contribution in [0, 0.1) is 0 Å². The lowest BCUT2D eigenvalue weighted by atomic mass is 10.2. The van der Waals surface area contributed by atoms with Crippen LogP contribution in [0.5, 0.6) is 0 Å². The van der Waals surface area contributed by atoms with E-state index in [0.29, 0.717) is 12.2 Å². The smallest absolute Gasteiger partial charge is 0.215 e. The molecule has 1 aliphatic rings. The normalized spacial score (nSPS) is 24.7. The Bertz CT molecular complexity index is 188. The first kappa shape index (κ1) is 8.62. The number of allylic oxidation sites excluding steroid dienone is 1. The van der Waals surface area contributed by atoms with Gasteiger partial charge in [0, 0.05) is 17.7 Å². The van der Waals surface area contributed by atoms with Crippen LogP contribution in [0.4, 0.5) is 0 Å². The average Bonchev–Trinajstić information content (AvgIpc) is 2.03. The van der Waals surface area contributed by atoms with E-state index >= 15 is 0 Å². The predicted molar refractivity (Wildman–Crippen MR) is 43.2 cm³/mol. The maximum atomic E-state index is 10.9. The number of hydrogen-bond donors (Lipinski definition) is 1. The quantitative estimate of drug-likeness (QED) is 0.663. The summed E-state index contributed by atoms with van der Waals surface area (Å²) in [5.74, 6) is 0.660. The molecule has 0 spiro atoms. The molecule has 62 valence electrons. The number of rotatable bonds is 2. The van der Waals surface area contributed by atoms with Crippen molar-refractivity contribution in [3.05, 3.63) is 11.8 Å². The molecule has 0 saturated heterocycles. The Labute approximate surface area is 69.4 Å². The number of carbonyl (C=O) groups is 1. The van der Waals surface area contributed by atoms with Gasteiger partial charge in [-0.15, -0.1) is 0 Å². The molecule has 1 heterocycles. The van der Waals surface area contributed by atoms with E-state index in [9.17, 15) is 4.79 Å². The summed E-state index contributed by atoms with van der Waals surface area (Å²) in [5.41, 5.74) is 0. The molecule has 0 aliphatic carbocycles. The molecule has 1 rings (SSSR count). The fraction of sp³-hybridized carbons (Fsp3) is 0.571. The fourth-order valence-electron chi connectivity index (χ4n) is 0.899. The van der Waals surface area contributed by atoms with Crippen molar-refractivity contribution in [2.24, 2.45) is 0 Å². The summed E-state index contributed by atoms with van der Waals surface area (Å²) < 4.78 is 4.91. The molecule has 3 nitrogen and oxygen atoms in total. The number of aliphatic hydroxyl groups excluding tert-OH is 1. The van der Waals surface area contributed by atoms with Gasteiger partial charge in [-0.3, -0.25) is 4.79 Å². The van der Waals surface area contributed by atoms with Gasteiger partial charge in [0.05, 0.1) is 13.7 Å². The minimum Gasteiger partial charge on any atom is -0.501 e. The van der Waals surface area contributed by atoms with Crippen LogP contribution in [-0.2, 0) is 9.53 Å². The Kier molecular flexibility index (Phi) is 2.96. The van der Waals surface area contributed by atoms with Crippen LogP contribution in [0.15, 0.2) is 11.8 Å². The van der Waals surface area contributed by atoms with Crippen LogP contribution in [-0.4, -0.2) is 29.2 Å². The Hall–Kier alpha value is -0.480. The lowest BCUT2D eigenvalue weighted by Crippen LogP contribution is -2.17. The van der Waals surface area contributed by atoms with Crippen molar-refractivity contribution in [2.45, 2.75) is 11.7 Å². The van der Waals surface area contributed by atoms with Gasteiger partial charge in [0.25, 0.3) is 0 Å². The van der Waals surface area contributed by atoms with Crippen LogP contribution in [0.2, 0.25) is 0 Å². The van der Waals surface area contributed by atoms with Crippen LogP contribution >= 0.6 is 11.8 Å². The van der Waals surface area contributed by atoms with Crippen molar-refractivity contribution < 1.29 is 14.6 Å². The molecule has 0 aromatic rings. The summed E-state index contributed by atoms with van der Waals surface area (Å²) in [6.45, 7) is 0.0249. The minimum absolute atomic E-state index is 0.0249. The number of methoxy groups -OCH3 is 1. The molecule has 0 unspecified atom stereocenters. The third-order valence-corrected chi connectivity index (χ3v) is 2.46. The van der Waals surface area contributed by atoms with Gasteiger partial charge in [-0.2, -0.15) is 0 Å². The van der Waals surface area contributed by atoms with E-state index in [4.69, 9.17) is 9.84 Å². The largest absolute Gasteiger partial charge is 0.501 e. The highest BCUT2D eigenvalue weighted by molar-refractivity contribution is 8.14. The standard InChI is InChI=1S/C7H10O3S/c1-10-5-2-6(4-8)11-7(9)3-5/h3,6,8H,2,4H2,1H3/t6-/m1/s1. The lowest BCUT2D eigenvalue weighted by molar-refractivity contribution is -0.107. The molecular formula is C7H10O3S. The molecule has 0 radical (unpaired) electrons.